The van der Waals surface area contributed by atoms with Gasteiger partial charge in [-0.15, -0.1) is 0 Å². The van der Waals surface area contributed by atoms with Crippen molar-refractivity contribution in [2.75, 3.05) is 47.0 Å². The number of amides is 2. The summed E-state index contributed by atoms with van der Waals surface area (Å²) < 4.78 is 42.9. The Morgan fingerprint density at radius 2 is 1.56 bits per heavy atom. The molecule has 2 amide bonds. The van der Waals surface area contributed by atoms with Crippen molar-refractivity contribution in [2.45, 2.75) is 4.90 Å². The van der Waals surface area contributed by atoms with Gasteiger partial charge < -0.3 is 24.8 Å². The second kappa shape index (κ2) is 9.88. The van der Waals surface area contributed by atoms with Gasteiger partial charge in [0.1, 0.15) is 5.75 Å². The summed E-state index contributed by atoms with van der Waals surface area (Å²) in [4.78, 5) is 25.2. The van der Waals surface area contributed by atoms with E-state index in [0.29, 0.717) is 22.8 Å². The third-order valence-electron chi connectivity index (χ3n) is 5.00. The van der Waals surface area contributed by atoms with Crippen LogP contribution < -0.4 is 19.9 Å². The van der Waals surface area contributed by atoms with E-state index in [1.54, 1.807) is 35.2 Å². The van der Waals surface area contributed by atoms with Crippen LogP contribution in [0.2, 0.25) is 0 Å². The highest BCUT2D eigenvalue weighted by Gasteiger charge is 2.31. The average molecular weight is 464 g/mol. The lowest BCUT2D eigenvalue weighted by molar-refractivity contribution is -0.119. The SMILES string of the molecule is COc1ccc(S(=O)(=O)N2CCN(C(=O)c3ccc(OCC(N)=O)cc3)CC2)cc1OC. The third kappa shape index (κ3) is 5.11. The maximum Gasteiger partial charge on any atom is 0.255 e. The number of sulfonamides is 1. The fourth-order valence-corrected chi connectivity index (χ4v) is 4.73. The number of piperazine rings is 1. The summed E-state index contributed by atoms with van der Waals surface area (Å²) in [7, 11) is -0.831. The maximum atomic E-state index is 13.0. The molecule has 0 saturated carbocycles. The van der Waals surface area contributed by atoms with E-state index in [0.717, 1.165) is 0 Å². The minimum absolute atomic E-state index is 0.0986. The number of carbonyl (C=O) groups is 2. The van der Waals surface area contributed by atoms with Crippen LogP contribution in [0.1, 0.15) is 10.4 Å². The molecule has 1 aliphatic heterocycles. The smallest absolute Gasteiger partial charge is 0.255 e. The first-order chi connectivity index (χ1) is 15.3. The fraction of sp³-hybridized carbons (Fsp3) is 0.333. The average Bonchev–Trinajstić information content (AvgIpc) is 2.82. The molecule has 11 heteroatoms. The van der Waals surface area contributed by atoms with Gasteiger partial charge in [0.05, 0.1) is 19.1 Å². The molecule has 0 unspecified atom stereocenters. The van der Waals surface area contributed by atoms with Gasteiger partial charge in [0.15, 0.2) is 18.1 Å². The van der Waals surface area contributed by atoms with Crippen LogP contribution in [-0.2, 0) is 14.8 Å². The number of rotatable bonds is 8. The van der Waals surface area contributed by atoms with Gasteiger partial charge in [0, 0.05) is 37.8 Å². The lowest BCUT2D eigenvalue weighted by atomic mass is 10.2. The molecule has 1 saturated heterocycles. The van der Waals surface area contributed by atoms with Crippen LogP contribution in [0.4, 0.5) is 0 Å². The minimum atomic E-state index is -3.75. The molecule has 1 heterocycles. The van der Waals surface area contributed by atoms with Gasteiger partial charge in [-0.05, 0) is 36.4 Å². The summed E-state index contributed by atoms with van der Waals surface area (Å²) >= 11 is 0. The van der Waals surface area contributed by atoms with Crippen molar-refractivity contribution in [3.8, 4) is 17.2 Å². The normalized spacial score (nSPS) is 14.6. The van der Waals surface area contributed by atoms with E-state index in [4.69, 9.17) is 19.9 Å². The number of carbonyl (C=O) groups excluding carboxylic acids is 2. The first-order valence-corrected chi connectivity index (χ1v) is 11.2. The molecule has 32 heavy (non-hydrogen) atoms. The molecule has 2 aromatic carbocycles. The molecule has 2 aromatic rings. The quantitative estimate of drug-likeness (QED) is 0.611. The Bertz CT molecular complexity index is 1080. The van der Waals surface area contributed by atoms with Crippen LogP contribution in [0.5, 0.6) is 17.2 Å². The molecule has 0 atom stereocenters. The standard InChI is InChI=1S/C21H25N3O7S/c1-29-18-8-7-17(13-19(18)30-2)32(27,28)24-11-9-23(10-12-24)21(26)15-3-5-16(6-4-15)31-14-20(22)25/h3-8,13H,9-12,14H2,1-2H3,(H2,22,25). The number of ether oxygens (including phenoxy) is 3. The molecular formula is C21H25N3O7S. The van der Waals surface area contributed by atoms with Gasteiger partial charge in [-0.25, -0.2) is 8.42 Å². The highest BCUT2D eigenvalue weighted by atomic mass is 32.2. The number of nitrogens with two attached hydrogens (primary N) is 1. The summed E-state index contributed by atoms with van der Waals surface area (Å²) in [6.45, 7) is 0.602. The zero-order chi connectivity index (χ0) is 23.3. The number of nitrogens with zero attached hydrogens (tertiary/aromatic N) is 2. The van der Waals surface area contributed by atoms with Crippen molar-refractivity contribution in [3.63, 3.8) is 0 Å². The van der Waals surface area contributed by atoms with Crippen LogP contribution in [0.3, 0.4) is 0 Å². The Hall–Kier alpha value is -3.31. The number of benzene rings is 2. The number of hydrogen-bond acceptors (Lipinski definition) is 7. The molecular weight excluding hydrogens is 438 g/mol. The molecule has 3 rings (SSSR count). The Labute approximate surface area is 186 Å². The monoisotopic (exact) mass is 463 g/mol. The molecule has 1 aliphatic rings. The summed E-state index contributed by atoms with van der Waals surface area (Å²) in [5.74, 6) is 0.380. The van der Waals surface area contributed by atoms with Crippen LogP contribution in [0, 0.1) is 0 Å². The molecule has 2 N–H and O–H groups in total. The van der Waals surface area contributed by atoms with E-state index in [2.05, 4.69) is 0 Å². The van der Waals surface area contributed by atoms with Crippen molar-refractivity contribution < 1.29 is 32.2 Å². The molecule has 0 aromatic heterocycles. The van der Waals surface area contributed by atoms with E-state index >= 15 is 0 Å². The van der Waals surface area contributed by atoms with E-state index in [9.17, 15) is 18.0 Å². The highest BCUT2D eigenvalue weighted by Crippen LogP contribution is 2.31. The summed E-state index contributed by atoms with van der Waals surface area (Å²) in [5.41, 5.74) is 5.48. The molecule has 0 aliphatic carbocycles. The zero-order valence-corrected chi connectivity index (χ0v) is 18.6. The zero-order valence-electron chi connectivity index (χ0n) is 17.8. The van der Waals surface area contributed by atoms with Crippen LogP contribution >= 0.6 is 0 Å². The number of methoxy groups -OCH3 is 2. The van der Waals surface area contributed by atoms with Gasteiger partial charge in [0.2, 0.25) is 10.0 Å². The van der Waals surface area contributed by atoms with Gasteiger partial charge in [0.25, 0.3) is 11.8 Å². The van der Waals surface area contributed by atoms with E-state index in [1.165, 1.54) is 30.7 Å². The van der Waals surface area contributed by atoms with Gasteiger partial charge >= 0.3 is 0 Å². The van der Waals surface area contributed by atoms with Crippen molar-refractivity contribution >= 4 is 21.8 Å². The molecule has 0 spiro atoms. The Balaban J connectivity index is 1.64. The van der Waals surface area contributed by atoms with Crippen molar-refractivity contribution in [3.05, 3.63) is 48.0 Å². The number of primary amides is 1. The van der Waals surface area contributed by atoms with E-state index in [1.807, 2.05) is 0 Å². The summed E-state index contributed by atoms with van der Waals surface area (Å²) in [6.07, 6.45) is 0. The van der Waals surface area contributed by atoms with Crippen molar-refractivity contribution in [1.82, 2.24) is 9.21 Å². The van der Waals surface area contributed by atoms with Crippen LogP contribution in [0.15, 0.2) is 47.4 Å². The molecule has 0 radical (unpaired) electrons. The van der Waals surface area contributed by atoms with Crippen LogP contribution in [0.25, 0.3) is 0 Å². The largest absolute Gasteiger partial charge is 0.493 e. The van der Waals surface area contributed by atoms with E-state index < -0.39 is 15.9 Å². The fourth-order valence-electron chi connectivity index (χ4n) is 3.29. The molecule has 1 fully saturated rings. The molecule has 0 bridgehead atoms. The van der Waals surface area contributed by atoms with Crippen molar-refractivity contribution in [1.29, 1.82) is 0 Å². The first-order valence-electron chi connectivity index (χ1n) is 9.79. The predicted molar refractivity (Wildman–Crippen MR) is 115 cm³/mol. The summed E-state index contributed by atoms with van der Waals surface area (Å²) in [5, 5.41) is 0. The number of hydrogen-bond donors (Lipinski definition) is 1. The van der Waals surface area contributed by atoms with E-state index in [-0.39, 0.29) is 43.6 Å². The van der Waals surface area contributed by atoms with Gasteiger partial charge in [-0.2, -0.15) is 4.31 Å². The minimum Gasteiger partial charge on any atom is -0.493 e. The molecule has 10 nitrogen and oxygen atoms in total. The molecule has 172 valence electrons. The van der Waals surface area contributed by atoms with Crippen molar-refractivity contribution in [2.24, 2.45) is 5.73 Å². The lowest BCUT2D eigenvalue weighted by Gasteiger charge is -2.34. The third-order valence-corrected chi connectivity index (χ3v) is 6.90. The lowest BCUT2D eigenvalue weighted by Crippen LogP contribution is -2.50. The first kappa shape index (κ1) is 23.4. The summed E-state index contributed by atoms with van der Waals surface area (Å²) in [6, 6.07) is 10.8. The van der Waals surface area contributed by atoms with Crippen LogP contribution in [-0.4, -0.2) is 76.4 Å². The Morgan fingerprint density at radius 3 is 2.12 bits per heavy atom. The Kier molecular flexibility index (Phi) is 7.21. The maximum absolute atomic E-state index is 13.0. The predicted octanol–water partition coefficient (Wildman–Crippen LogP) is 0.715. The van der Waals surface area contributed by atoms with Gasteiger partial charge in [-0.3, -0.25) is 9.59 Å². The topological polar surface area (TPSA) is 128 Å². The van der Waals surface area contributed by atoms with Gasteiger partial charge in [-0.1, -0.05) is 0 Å². The highest BCUT2D eigenvalue weighted by molar-refractivity contribution is 7.89. The second-order valence-corrected chi connectivity index (χ2v) is 8.93. The second-order valence-electron chi connectivity index (χ2n) is 6.99. The Morgan fingerprint density at radius 1 is 0.938 bits per heavy atom.